The molecule has 1 rings (SSSR count). The van der Waals surface area contributed by atoms with Gasteiger partial charge < -0.3 is 9.47 Å². The fraction of sp³-hybridized carbons (Fsp3) is 1.00. The normalized spacial score (nSPS) is 18.8. The Morgan fingerprint density at radius 3 is 1.94 bits per heavy atom. The van der Waals surface area contributed by atoms with Crippen molar-refractivity contribution in [2.24, 2.45) is 11.3 Å². The molecule has 0 radical (unpaired) electrons. The minimum absolute atomic E-state index is 0.268. The highest BCUT2D eigenvalue weighted by atomic mass is 16.5. The monoisotopic (exact) mass is 256 g/mol. The number of ether oxygens (including phenoxy) is 2. The molecule has 1 aliphatic carbocycles. The molecule has 2 heteroatoms. The quantitative estimate of drug-likeness (QED) is 0.598. The molecule has 0 heterocycles. The van der Waals surface area contributed by atoms with E-state index >= 15 is 0 Å². The summed E-state index contributed by atoms with van der Waals surface area (Å²) in [6.45, 7) is 4.01. The van der Waals surface area contributed by atoms with Crippen molar-refractivity contribution in [3.05, 3.63) is 0 Å². The van der Waals surface area contributed by atoms with Crippen LogP contribution in [0.25, 0.3) is 0 Å². The standard InChI is InChI=1S/C16H32O2/c1-4-5-12-16(13-17-2,14-18-3)15-10-8-6-7-9-11-15/h15H,4-14H2,1-3H3. The predicted molar refractivity (Wildman–Crippen MR) is 76.9 cm³/mol. The minimum Gasteiger partial charge on any atom is -0.384 e. The van der Waals surface area contributed by atoms with Gasteiger partial charge in [-0.2, -0.15) is 0 Å². The van der Waals surface area contributed by atoms with Crippen molar-refractivity contribution in [1.82, 2.24) is 0 Å². The van der Waals surface area contributed by atoms with Crippen LogP contribution in [0.2, 0.25) is 0 Å². The van der Waals surface area contributed by atoms with Gasteiger partial charge in [-0.1, -0.05) is 45.4 Å². The average molecular weight is 256 g/mol. The summed E-state index contributed by atoms with van der Waals surface area (Å²) in [5.41, 5.74) is 0.268. The van der Waals surface area contributed by atoms with Crippen molar-refractivity contribution in [3.8, 4) is 0 Å². The number of methoxy groups -OCH3 is 2. The Morgan fingerprint density at radius 1 is 0.944 bits per heavy atom. The largest absolute Gasteiger partial charge is 0.384 e. The lowest BCUT2D eigenvalue weighted by atomic mass is 9.69. The lowest BCUT2D eigenvalue weighted by Crippen LogP contribution is -2.39. The van der Waals surface area contributed by atoms with Gasteiger partial charge in [-0.3, -0.25) is 0 Å². The number of hydrogen-bond donors (Lipinski definition) is 0. The second-order valence-corrected chi connectivity index (χ2v) is 6.02. The van der Waals surface area contributed by atoms with E-state index < -0.39 is 0 Å². The summed E-state index contributed by atoms with van der Waals surface area (Å²) in [5.74, 6) is 0.798. The van der Waals surface area contributed by atoms with Crippen molar-refractivity contribution in [1.29, 1.82) is 0 Å². The third-order valence-electron chi connectivity index (χ3n) is 4.61. The maximum absolute atomic E-state index is 5.57. The molecule has 0 amide bonds. The molecule has 0 unspecified atom stereocenters. The summed E-state index contributed by atoms with van der Waals surface area (Å²) >= 11 is 0. The number of unbranched alkanes of at least 4 members (excludes halogenated alkanes) is 1. The van der Waals surface area contributed by atoms with Crippen LogP contribution in [0.4, 0.5) is 0 Å². The van der Waals surface area contributed by atoms with Gasteiger partial charge in [-0.25, -0.2) is 0 Å². The molecule has 0 atom stereocenters. The van der Waals surface area contributed by atoms with Crippen LogP contribution in [0, 0.1) is 11.3 Å². The molecule has 0 spiro atoms. The van der Waals surface area contributed by atoms with E-state index in [0.29, 0.717) is 0 Å². The van der Waals surface area contributed by atoms with Gasteiger partial charge >= 0.3 is 0 Å². The van der Waals surface area contributed by atoms with E-state index in [9.17, 15) is 0 Å². The SMILES string of the molecule is CCCCC(COC)(COC)C1CCCCCC1. The van der Waals surface area contributed by atoms with Crippen molar-refractivity contribution in [3.63, 3.8) is 0 Å². The molecular weight excluding hydrogens is 224 g/mol. The second-order valence-electron chi connectivity index (χ2n) is 6.02. The first kappa shape index (κ1) is 16.0. The van der Waals surface area contributed by atoms with Gasteiger partial charge in [0.05, 0.1) is 13.2 Å². The molecule has 0 saturated heterocycles. The highest BCUT2D eigenvalue weighted by Gasteiger charge is 2.38. The highest BCUT2D eigenvalue weighted by Crippen LogP contribution is 2.42. The van der Waals surface area contributed by atoms with E-state index in [1.807, 2.05) is 14.2 Å². The Bertz CT molecular complexity index is 189. The number of hydrogen-bond acceptors (Lipinski definition) is 2. The van der Waals surface area contributed by atoms with Crippen LogP contribution < -0.4 is 0 Å². The van der Waals surface area contributed by atoms with E-state index in [1.54, 1.807) is 0 Å². The first-order valence-electron chi connectivity index (χ1n) is 7.77. The Labute approximate surface area is 113 Å². The van der Waals surface area contributed by atoms with Crippen LogP contribution in [-0.2, 0) is 9.47 Å². The summed E-state index contributed by atoms with van der Waals surface area (Å²) in [7, 11) is 3.68. The molecule has 1 saturated carbocycles. The van der Waals surface area contributed by atoms with Gasteiger partial charge in [0.25, 0.3) is 0 Å². The molecule has 2 nitrogen and oxygen atoms in total. The molecule has 0 aromatic carbocycles. The minimum atomic E-state index is 0.268. The van der Waals surface area contributed by atoms with Crippen molar-refractivity contribution < 1.29 is 9.47 Å². The zero-order valence-corrected chi connectivity index (χ0v) is 12.7. The van der Waals surface area contributed by atoms with E-state index in [2.05, 4.69) is 6.92 Å². The van der Waals surface area contributed by atoms with Crippen LogP contribution in [-0.4, -0.2) is 27.4 Å². The fourth-order valence-electron chi connectivity index (χ4n) is 3.62. The van der Waals surface area contributed by atoms with Gasteiger partial charge in [-0.15, -0.1) is 0 Å². The van der Waals surface area contributed by atoms with Crippen LogP contribution in [0.5, 0.6) is 0 Å². The second kappa shape index (κ2) is 8.92. The van der Waals surface area contributed by atoms with Crippen molar-refractivity contribution in [2.45, 2.75) is 64.7 Å². The highest BCUT2D eigenvalue weighted by molar-refractivity contribution is 4.87. The number of rotatable bonds is 8. The van der Waals surface area contributed by atoms with Crippen molar-refractivity contribution >= 4 is 0 Å². The molecule has 0 aliphatic heterocycles. The third kappa shape index (κ3) is 4.55. The smallest absolute Gasteiger partial charge is 0.0543 e. The first-order chi connectivity index (χ1) is 8.79. The molecule has 108 valence electrons. The fourth-order valence-corrected chi connectivity index (χ4v) is 3.62. The van der Waals surface area contributed by atoms with Gasteiger partial charge in [0.2, 0.25) is 0 Å². The summed E-state index contributed by atoms with van der Waals surface area (Å²) in [4.78, 5) is 0. The van der Waals surface area contributed by atoms with Gasteiger partial charge in [0.1, 0.15) is 0 Å². The Balaban J connectivity index is 2.75. The Kier molecular flexibility index (Phi) is 7.92. The summed E-state index contributed by atoms with van der Waals surface area (Å²) in [6, 6.07) is 0. The van der Waals surface area contributed by atoms with E-state index in [4.69, 9.17) is 9.47 Å². The molecule has 0 bridgehead atoms. The zero-order valence-electron chi connectivity index (χ0n) is 12.7. The van der Waals surface area contributed by atoms with Crippen LogP contribution in [0.3, 0.4) is 0 Å². The summed E-state index contributed by atoms with van der Waals surface area (Å²) in [5, 5.41) is 0. The van der Waals surface area contributed by atoms with E-state index in [0.717, 1.165) is 19.1 Å². The van der Waals surface area contributed by atoms with Gasteiger partial charge in [0, 0.05) is 19.6 Å². The first-order valence-corrected chi connectivity index (χ1v) is 7.77. The molecular formula is C16H32O2. The molecule has 1 aliphatic rings. The van der Waals surface area contributed by atoms with Crippen LogP contribution in [0.1, 0.15) is 64.7 Å². The lowest BCUT2D eigenvalue weighted by Gasteiger charge is -2.40. The molecule has 0 N–H and O–H groups in total. The summed E-state index contributed by atoms with van der Waals surface area (Å²) in [6.07, 6.45) is 12.2. The molecule has 18 heavy (non-hydrogen) atoms. The maximum atomic E-state index is 5.57. The zero-order chi connectivity index (χ0) is 13.3. The Hall–Kier alpha value is -0.0800. The lowest BCUT2D eigenvalue weighted by molar-refractivity contribution is -0.0416. The van der Waals surface area contributed by atoms with E-state index in [1.165, 1.54) is 57.8 Å². The van der Waals surface area contributed by atoms with E-state index in [-0.39, 0.29) is 5.41 Å². The predicted octanol–water partition coefficient (Wildman–Crippen LogP) is 4.43. The molecule has 1 fully saturated rings. The maximum Gasteiger partial charge on any atom is 0.0543 e. The van der Waals surface area contributed by atoms with Crippen molar-refractivity contribution in [2.75, 3.05) is 27.4 Å². The average Bonchev–Trinajstić information content (AvgIpc) is 2.65. The van der Waals surface area contributed by atoms with Gasteiger partial charge in [-0.05, 0) is 25.2 Å². The molecule has 0 aromatic rings. The Morgan fingerprint density at radius 2 is 1.50 bits per heavy atom. The topological polar surface area (TPSA) is 18.5 Å². The van der Waals surface area contributed by atoms with Gasteiger partial charge in [0.15, 0.2) is 0 Å². The van der Waals surface area contributed by atoms with Crippen LogP contribution >= 0.6 is 0 Å². The third-order valence-corrected chi connectivity index (χ3v) is 4.61. The van der Waals surface area contributed by atoms with Crippen LogP contribution in [0.15, 0.2) is 0 Å². The molecule has 0 aromatic heterocycles. The summed E-state index contributed by atoms with van der Waals surface area (Å²) < 4.78 is 11.1.